The van der Waals surface area contributed by atoms with Gasteiger partial charge in [0, 0.05) is 25.6 Å². The smallest absolute Gasteiger partial charge is 0.235 e. The Labute approximate surface area is 124 Å². The van der Waals surface area contributed by atoms with Crippen LogP contribution >= 0.6 is 11.8 Å². The van der Waals surface area contributed by atoms with Gasteiger partial charge in [-0.05, 0) is 38.0 Å². The first-order valence-electron chi connectivity index (χ1n) is 7.64. The van der Waals surface area contributed by atoms with Gasteiger partial charge in [0.2, 0.25) is 11.4 Å². The topological polar surface area (TPSA) is 69.2 Å². The second-order valence-electron chi connectivity index (χ2n) is 6.17. The van der Waals surface area contributed by atoms with Gasteiger partial charge in [0.25, 0.3) is 0 Å². The summed E-state index contributed by atoms with van der Waals surface area (Å²) < 4.78 is 5.38. The summed E-state index contributed by atoms with van der Waals surface area (Å²) in [6.45, 7) is 0.810. The quantitative estimate of drug-likeness (QED) is 0.750. The molecule has 20 heavy (non-hydrogen) atoms. The first-order chi connectivity index (χ1) is 9.69. The summed E-state index contributed by atoms with van der Waals surface area (Å²) in [7, 11) is 1.77. The number of carbonyl (C=O) groups is 1. The summed E-state index contributed by atoms with van der Waals surface area (Å²) in [5.41, 5.74) is 0.0467. The Morgan fingerprint density at radius 1 is 1.40 bits per heavy atom. The standard InChI is InChI=1S/C14H23N2O3S/c1-19-10-4-2-9(3-5-10)8-11-12(17)15-14-16(13(11)18)6-7-20-14/h9-12,14-15H,2-8H2,1H3/q-1/p+1. The highest BCUT2D eigenvalue weighted by Gasteiger charge is 2.44. The lowest BCUT2D eigenvalue weighted by Crippen LogP contribution is -3.03. The molecule has 1 amide bonds. The van der Waals surface area contributed by atoms with Gasteiger partial charge in [0.15, 0.2) is 0 Å². The molecule has 2 aliphatic heterocycles. The molecular formula is C14H24N2O3S. The van der Waals surface area contributed by atoms with Crippen LogP contribution in [0.2, 0.25) is 0 Å². The van der Waals surface area contributed by atoms with Crippen molar-refractivity contribution in [3.8, 4) is 0 Å². The minimum absolute atomic E-state index is 0.0467. The lowest BCUT2D eigenvalue weighted by molar-refractivity contribution is -0.839. The van der Waals surface area contributed by atoms with Crippen LogP contribution in [-0.2, 0) is 9.53 Å². The van der Waals surface area contributed by atoms with E-state index in [9.17, 15) is 9.90 Å². The number of carbonyl (C=O) groups excluding carboxylic acids is 1. The molecule has 0 bridgehead atoms. The zero-order valence-corrected chi connectivity index (χ0v) is 12.8. The Morgan fingerprint density at radius 3 is 2.85 bits per heavy atom. The van der Waals surface area contributed by atoms with Gasteiger partial charge in [-0.3, -0.25) is 9.69 Å². The number of quaternary nitrogens is 1. The molecule has 0 aromatic heterocycles. The maximum atomic E-state index is 12.5. The Bertz CT molecular complexity index is 360. The molecule has 3 unspecified atom stereocenters. The predicted octanol–water partition coefficient (Wildman–Crippen LogP) is -0.680. The summed E-state index contributed by atoms with van der Waals surface area (Å²) in [4.78, 5) is 14.4. The average Bonchev–Trinajstić information content (AvgIpc) is 2.92. The van der Waals surface area contributed by atoms with E-state index in [-0.39, 0.29) is 17.3 Å². The zero-order valence-electron chi connectivity index (χ0n) is 12.0. The minimum Gasteiger partial charge on any atom is -0.806 e. The summed E-state index contributed by atoms with van der Waals surface area (Å²) >= 11 is 1.72. The predicted molar refractivity (Wildman–Crippen MR) is 74.5 cm³/mol. The van der Waals surface area contributed by atoms with Crippen molar-refractivity contribution in [2.45, 2.75) is 49.9 Å². The van der Waals surface area contributed by atoms with Gasteiger partial charge < -0.3 is 15.2 Å². The van der Waals surface area contributed by atoms with Crippen molar-refractivity contribution >= 4 is 17.7 Å². The van der Waals surface area contributed by atoms with E-state index in [2.05, 4.69) is 0 Å². The highest BCUT2D eigenvalue weighted by atomic mass is 32.2. The first-order valence-corrected chi connectivity index (χ1v) is 8.69. The second kappa shape index (κ2) is 6.22. The SMILES string of the molecule is COC1CCC(CC2C(=O)N3CCSC3[NH2+]C2[O-])CC1. The maximum absolute atomic E-state index is 12.5. The maximum Gasteiger partial charge on any atom is 0.235 e. The number of ether oxygens (including phenoxy) is 1. The minimum atomic E-state index is -0.811. The molecule has 6 heteroatoms. The molecule has 3 rings (SSSR count). The van der Waals surface area contributed by atoms with Crippen LogP contribution in [0.15, 0.2) is 0 Å². The number of methoxy groups -OCH3 is 1. The molecule has 2 N–H and O–H groups in total. The lowest BCUT2D eigenvalue weighted by atomic mass is 9.80. The molecule has 3 atom stereocenters. The molecule has 3 aliphatic rings. The second-order valence-corrected chi connectivity index (χ2v) is 7.40. The molecule has 2 saturated heterocycles. The van der Waals surface area contributed by atoms with Gasteiger partial charge in [-0.15, -0.1) is 0 Å². The number of rotatable bonds is 3. The molecule has 114 valence electrons. The molecular weight excluding hydrogens is 276 g/mol. The highest BCUT2D eigenvalue weighted by molar-refractivity contribution is 7.99. The Hall–Kier alpha value is -0.300. The fourth-order valence-electron chi connectivity index (χ4n) is 3.73. The number of nitrogens with two attached hydrogens (primary N) is 1. The normalized spacial score (nSPS) is 41.8. The van der Waals surface area contributed by atoms with Gasteiger partial charge in [-0.2, -0.15) is 0 Å². The fourth-order valence-corrected chi connectivity index (χ4v) is 4.93. The first kappa shape index (κ1) is 14.6. The Kier molecular flexibility index (Phi) is 4.55. The van der Waals surface area contributed by atoms with Crippen LogP contribution in [0.1, 0.15) is 32.1 Å². The summed E-state index contributed by atoms with van der Waals surface area (Å²) in [5.74, 6) is 1.27. The molecule has 2 heterocycles. The van der Waals surface area contributed by atoms with Gasteiger partial charge in [-0.1, -0.05) is 11.8 Å². The van der Waals surface area contributed by atoms with E-state index in [4.69, 9.17) is 4.74 Å². The molecule has 0 radical (unpaired) electrons. The molecule has 1 saturated carbocycles. The highest BCUT2D eigenvalue weighted by Crippen LogP contribution is 2.33. The number of fused-ring (bicyclic) bond motifs is 1. The largest absolute Gasteiger partial charge is 0.806 e. The van der Waals surface area contributed by atoms with Crippen LogP contribution in [0, 0.1) is 11.8 Å². The average molecular weight is 300 g/mol. The van der Waals surface area contributed by atoms with E-state index >= 15 is 0 Å². The van der Waals surface area contributed by atoms with Crippen molar-refractivity contribution < 1.29 is 20.0 Å². The van der Waals surface area contributed by atoms with Gasteiger partial charge >= 0.3 is 0 Å². The van der Waals surface area contributed by atoms with Crippen molar-refractivity contribution in [2.24, 2.45) is 11.8 Å². The Morgan fingerprint density at radius 2 is 2.15 bits per heavy atom. The van der Waals surface area contributed by atoms with Crippen LogP contribution in [0.3, 0.4) is 0 Å². The Balaban J connectivity index is 1.58. The van der Waals surface area contributed by atoms with Crippen molar-refractivity contribution in [2.75, 3.05) is 19.4 Å². The van der Waals surface area contributed by atoms with Crippen LogP contribution in [-0.4, -0.2) is 48.0 Å². The number of thioether (sulfide) groups is 1. The van der Waals surface area contributed by atoms with E-state index < -0.39 is 6.23 Å². The summed E-state index contributed by atoms with van der Waals surface area (Å²) in [6.07, 6.45) is 4.65. The van der Waals surface area contributed by atoms with E-state index in [0.29, 0.717) is 12.0 Å². The lowest BCUT2D eigenvalue weighted by Gasteiger charge is -2.42. The van der Waals surface area contributed by atoms with E-state index in [1.165, 1.54) is 0 Å². The van der Waals surface area contributed by atoms with Crippen molar-refractivity contribution in [1.82, 2.24) is 4.90 Å². The van der Waals surface area contributed by atoms with Gasteiger partial charge in [0.05, 0.1) is 12.0 Å². The van der Waals surface area contributed by atoms with Crippen LogP contribution < -0.4 is 10.4 Å². The third kappa shape index (κ3) is 2.84. The van der Waals surface area contributed by atoms with Crippen molar-refractivity contribution in [3.63, 3.8) is 0 Å². The molecule has 3 fully saturated rings. The zero-order chi connectivity index (χ0) is 14.1. The van der Waals surface area contributed by atoms with E-state index in [1.54, 1.807) is 18.9 Å². The third-order valence-electron chi connectivity index (χ3n) is 4.99. The molecule has 0 aromatic rings. The number of hydrogen-bond donors (Lipinski definition) is 1. The molecule has 1 aliphatic carbocycles. The number of hydrogen-bond acceptors (Lipinski definition) is 4. The fraction of sp³-hybridized carbons (Fsp3) is 0.929. The third-order valence-corrected chi connectivity index (χ3v) is 6.16. The summed E-state index contributed by atoms with van der Waals surface area (Å²) in [6, 6.07) is 0. The molecule has 0 spiro atoms. The monoisotopic (exact) mass is 300 g/mol. The molecule has 0 aromatic carbocycles. The molecule has 5 nitrogen and oxygen atoms in total. The van der Waals surface area contributed by atoms with Crippen molar-refractivity contribution in [1.29, 1.82) is 0 Å². The van der Waals surface area contributed by atoms with Gasteiger partial charge in [0.1, 0.15) is 0 Å². The van der Waals surface area contributed by atoms with E-state index in [0.717, 1.165) is 44.4 Å². The summed E-state index contributed by atoms with van der Waals surface area (Å²) in [5, 5.41) is 14.1. The van der Waals surface area contributed by atoms with Crippen molar-refractivity contribution in [3.05, 3.63) is 0 Å². The van der Waals surface area contributed by atoms with Crippen LogP contribution in [0.4, 0.5) is 0 Å². The number of amides is 1. The van der Waals surface area contributed by atoms with Gasteiger partial charge in [-0.25, -0.2) is 0 Å². The van der Waals surface area contributed by atoms with Crippen LogP contribution in [0.25, 0.3) is 0 Å². The number of nitrogens with zero attached hydrogens (tertiary/aromatic N) is 1. The van der Waals surface area contributed by atoms with Crippen LogP contribution in [0.5, 0.6) is 0 Å². The van der Waals surface area contributed by atoms with E-state index in [1.807, 2.05) is 10.2 Å².